The van der Waals surface area contributed by atoms with Gasteiger partial charge in [-0.15, -0.1) is 0 Å². The van der Waals surface area contributed by atoms with Crippen molar-refractivity contribution in [3.8, 4) is 5.75 Å². The fraction of sp³-hybridized carbons (Fsp3) is 0.417. The van der Waals surface area contributed by atoms with E-state index in [1.165, 1.54) is 23.5 Å². The number of halogens is 4. The highest BCUT2D eigenvalue weighted by atomic mass is 35.5. The average molecular weight is 580 g/mol. The molecule has 0 spiro atoms. The molecule has 1 heterocycles. The number of aryl methyl sites for hydroxylation is 1. The minimum absolute atomic E-state index is 0.0321. The largest absolute Gasteiger partial charge is 0.495 e. The molecule has 0 aromatic heterocycles. The average Bonchev–Trinajstić information content (AvgIpc) is 2.89. The van der Waals surface area contributed by atoms with Crippen molar-refractivity contribution in [2.45, 2.75) is 23.9 Å². The van der Waals surface area contributed by atoms with Crippen LogP contribution in [0.25, 0.3) is 0 Å². The number of piperazine rings is 1. The van der Waals surface area contributed by atoms with Gasteiger partial charge in [0.15, 0.2) is 0 Å². The van der Waals surface area contributed by atoms with Crippen LogP contribution in [-0.4, -0.2) is 87.2 Å². The van der Waals surface area contributed by atoms with Crippen LogP contribution in [0.1, 0.15) is 12.0 Å². The maximum absolute atomic E-state index is 13.5. The Hall–Kier alpha value is -2.87. The molecular formula is C24H29ClF3N3O6S. The van der Waals surface area contributed by atoms with E-state index in [2.05, 4.69) is 5.32 Å². The molecule has 38 heavy (non-hydrogen) atoms. The number of ether oxygens (including phenoxy) is 1. The van der Waals surface area contributed by atoms with E-state index < -0.39 is 22.2 Å². The molecule has 14 heteroatoms. The molecule has 0 aliphatic carbocycles. The minimum atomic E-state index is -5.08. The second kappa shape index (κ2) is 14.3. The molecule has 0 atom stereocenters. The zero-order valence-electron chi connectivity index (χ0n) is 20.6. The molecule has 2 aromatic carbocycles. The Labute approximate surface area is 224 Å². The van der Waals surface area contributed by atoms with Crippen LogP contribution in [0, 0.1) is 0 Å². The molecular weight excluding hydrogens is 551 g/mol. The molecule has 1 saturated heterocycles. The number of hydrogen-bond donors (Lipinski definition) is 2. The lowest BCUT2D eigenvalue weighted by atomic mass is 10.1. The van der Waals surface area contributed by atoms with Gasteiger partial charge in [-0.1, -0.05) is 41.9 Å². The number of alkyl halides is 3. The normalized spacial score (nSPS) is 14.0. The Kier molecular flexibility index (Phi) is 11.8. The molecule has 0 saturated carbocycles. The number of sulfonamides is 1. The van der Waals surface area contributed by atoms with E-state index in [-0.39, 0.29) is 34.7 Å². The quantitative estimate of drug-likeness (QED) is 0.469. The van der Waals surface area contributed by atoms with Gasteiger partial charge in [0.1, 0.15) is 10.6 Å². The topological polar surface area (TPSA) is 116 Å². The minimum Gasteiger partial charge on any atom is -0.495 e. The molecule has 210 valence electrons. The summed E-state index contributed by atoms with van der Waals surface area (Å²) in [6.45, 7) is 2.54. The monoisotopic (exact) mass is 579 g/mol. The van der Waals surface area contributed by atoms with E-state index in [0.717, 1.165) is 5.56 Å². The third-order valence-corrected chi connectivity index (χ3v) is 7.58. The standard InChI is InChI=1S/C22H28ClN3O4S.C2HF3O2/c1-30-20-10-9-19(23)16-21(20)31(28,29)26(13-5-8-18-6-3-2-4-7-18)17-22(27)25-14-11-24-12-15-25;3-2(4,5)1(6)7/h2-4,6-7,9-10,16,24H,5,8,11-15,17H2,1H3;(H,6,7). The fourth-order valence-electron chi connectivity index (χ4n) is 3.54. The van der Waals surface area contributed by atoms with Crippen LogP contribution < -0.4 is 10.1 Å². The fourth-order valence-corrected chi connectivity index (χ4v) is 5.39. The second-order valence-corrected chi connectivity index (χ2v) is 10.5. The van der Waals surface area contributed by atoms with Gasteiger partial charge in [0.2, 0.25) is 15.9 Å². The lowest BCUT2D eigenvalue weighted by Gasteiger charge is -2.30. The maximum atomic E-state index is 13.5. The Morgan fingerprint density at radius 3 is 2.29 bits per heavy atom. The van der Waals surface area contributed by atoms with Gasteiger partial charge in [-0.3, -0.25) is 4.79 Å². The summed E-state index contributed by atoms with van der Waals surface area (Å²) in [6, 6.07) is 14.3. The molecule has 0 bridgehead atoms. The Morgan fingerprint density at radius 1 is 1.13 bits per heavy atom. The van der Waals surface area contributed by atoms with Crippen LogP contribution in [0.4, 0.5) is 13.2 Å². The predicted octanol–water partition coefficient (Wildman–Crippen LogP) is 3.04. The lowest BCUT2D eigenvalue weighted by Crippen LogP contribution is -2.50. The highest BCUT2D eigenvalue weighted by Crippen LogP contribution is 2.30. The summed E-state index contributed by atoms with van der Waals surface area (Å²) < 4.78 is 65.3. The number of aliphatic carboxylic acids is 1. The van der Waals surface area contributed by atoms with Crippen LogP contribution in [-0.2, 0) is 26.0 Å². The number of nitrogens with zero attached hydrogens (tertiary/aromatic N) is 2. The number of hydrogen-bond acceptors (Lipinski definition) is 6. The van der Waals surface area contributed by atoms with E-state index >= 15 is 0 Å². The number of rotatable bonds is 9. The van der Waals surface area contributed by atoms with Crippen LogP contribution >= 0.6 is 11.6 Å². The van der Waals surface area contributed by atoms with Gasteiger partial charge in [0, 0.05) is 37.7 Å². The number of benzene rings is 2. The van der Waals surface area contributed by atoms with Gasteiger partial charge in [0.25, 0.3) is 0 Å². The van der Waals surface area contributed by atoms with E-state index in [4.69, 9.17) is 26.2 Å². The molecule has 1 amide bonds. The second-order valence-electron chi connectivity index (χ2n) is 8.16. The van der Waals surface area contributed by atoms with Gasteiger partial charge < -0.3 is 20.1 Å². The third-order valence-electron chi connectivity index (χ3n) is 5.48. The smallest absolute Gasteiger partial charge is 0.490 e. The van der Waals surface area contributed by atoms with E-state index in [1.54, 1.807) is 11.0 Å². The van der Waals surface area contributed by atoms with Crippen LogP contribution in [0.3, 0.4) is 0 Å². The number of amides is 1. The molecule has 1 aliphatic heterocycles. The van der Waals surface area contributed by atoms with Gasteiger partial charge >= 0.3 is 12.1 Å². The number of nitrogens with one attached hydrogen (secondary N) is 1. The number of carbonyl (C=O) groups is 2. The molecule has 3 rings (SSSR count). The van der Waals surface area contributed by atoms with Gasteiger partial charge in [-0.25, -0.2) is 13.2 Å². The molecule has 2 N–H and O–H groups in total. The van der Waals surface area contributed by atoms with Crippen molar-refractivity contribution in [3.63, 3.8) is 0 Å². The summed E-state index contributed by atoms with van der Waals surface area (Å²) in [5.41, 5.74) is 1.12. The molecule has 0 unspecified atom stereocenters. The van der Waals surface area contributed by atoms with E-state index in [9.17, 15) is 26.4 Å². The summed E-state index contributed by atoms with van der Waals surface area (Å²) in [5.74, 6) is -2.76. The summed E-state index contributed by atoms with van der Waals surface area (Å²) in [6.07, 6.45) is -3.79. The zero-order valence-corrected chi connectivity index (χ0v) is 22.2. The highest BCUT2D eigenvalue weighted by Gasteiger charge is 2.38. The number of carbonyl (C=O) groups excluding carboxylic acids is 1. The predicted molar refractivity (Wildman–Crippen MR) is 135 cm³/mol. The van der Waals surface area contributed by atoms with Crippen LogP contribution in [0.5, 0.6) is 5.75 Å². The first-order valence-corrected chi connectivity index (χ1v) is 13.3. The summed E-state index contributed by atoms with van der Waals surface area (Å²) in [5, 5.41) is 10.6. The Morgan fingerprint density at radius 2 is 1.74 bits per heavy atom. The van der Waals surface area contributed by atoms with Crippen molar-refractivity contribution in [2.75, 3.05) is 46.4 Å². The van der Waals surface area contributed by atoms with E-state index in [0.29, 0.717) is 39.0 Å². The van der Waals surface area contributed by atoms with E-state index in [1.807, 2.05) is 30.3 Å². The first-order valence-electron chi connectivity index (χ1n) is 11.5. The Bertz CT molecular complexity index is 1180. The SMILES string of the molecule is COc1ccc(Cl)cc1S(=O)(=O)N(CCCc1ccccc1)CC(=O)N1CCNCC1.O=C(O)C(F)(F)F. The zero-order chi connectivity index (χ0) is 28.3. The third kappa shape index (κ3) is 9.46. The summed E-state index contributed by atoms with van der Waals surface area (Å²) >= 11 is 6.08. The number of carboxylic acids is 1. The number of methoxy groups -OCH3 is 1. The number of carboxylic acid groups (broad SMARTS) is 1. The van der Waals surface area contributed by atoms with Gasteiger partial charge in [-0.2, -0.15) is 17.5 Å². The Balaban J connectivity index is 0.000000638. The molecule has 1 fully saturated rings. The maximum Gasteiger partial charge on any atom is 0.490 e. The van der Waals surface area contributed by atoms with Crippen molar-refractivity contribution in [1.82, 2.24) is 14.5 Å². The lowest BCUT2D eigenvalue weighted by molar-refractivity contribution is -0.192. The first kappa shape index (κ1) is 31.3. The van der Waals surface area contributed by atoms with Gasteiger partial charge in [-0.05, 0) is 36.6 Å². The first-order chi connectivity index (χ1) is 17.9. The van der Waals surface area contributed by atoms with Crippen LogP contribution in [0.2, 0.25) is 5.02 Å². The van der Waals surface area contributed by atoms with Crippen molar-refractivity contribution >= 4 is 33.5 Å². The van der Waals surface area contributed by atoms with Crippen LogP contribution in [0.15, 0.2) is 53.4 Å². The summed E-state index contributed by atoms with van der Waals surface area (Å²) in [4.78, 5) is 23.4. The molecule has 1 aliphatic rings. The van der Waals surface area contributed by atoms with Crippen molar-refractivity contribution in [3.05, 3.63) is 59.1 Å². The molecule has 9 nitrogen and oxygen atoms in total. The van der Waals surface area contributed by atoms with Crippen molar-refractivity contribution < 1.29 is 41.0 Å². The summed E-state index contributed by atoms with van der Waals surface area (Å²) in [7, 11) is -2.58. The van der Waals surface area contributed by atoms with Gasteiger partial charge in [0.05, 0.1) is 13.7 Å². The van der Waals surface area contributed by atoms with Crippen molar-refractivity contribution in [2.24, 2.45) is 0 Å². The van der Waals surface area contributed by atoms with Crippen molar-refractivity contribution in [1.29, 1.82) is 0 Å². The molecule has 0 radical (unpaired) electrons. The molecule has 2 aromatic rings. The highest BCUT2D eigenvalue weighted by molar-refractivity contribution is 7.89.